The number of ketones is 1. The van der Waals surface area contributed by atoms with Crippen molar-refractivity contribution in [2.75, 3.05) is 13.6 Å². The molecule has 0 aliphatic heterocycles. The van der Waals surface area contributed by atoms with Crippen molar-refractivity contribution in [1.29, 1.82) is 5.26 Å². The van der Waals surface area contributed by atoms with Gasteiger partial charge in [-0.15, -0.1) is 0 Å². The van der Waals surface area contributed by atoms with Crippen molar-refractivity contribution >= 4 is 11.6 Å². The van der Waals surface area contributed by atoms with Crippen molar-refractivity contribution in [2.24, 2.45) is 10.8 Å². The second kappa shape index (κ2) is 5.13. The summed E-state index contributed by atoms with van der Waals surface area (Å²) in [5, 5.41) is 13.4. The van der Waals surface area contributed by atoms with E-state index in [4.69, 9.17) is 11.0 Å². The van der Waals surface area contributed by atoms with Gasteiger partial charge in [-0.1, -0.05) is 0 Å². The summed E-state index contributed by atoms with van der Waals surface area (Å²) in [5.74, 6) is 0.229. The van der Waals surface area contributed by atoms with Gasteiger partial charge in [-0.2, -0.15) is 10.4 Å². The van der Waals surface area contributed by atoms with Crippen LogP contribution >= 0.6 is 0 Å². The highest BCUT2D eigenvalue weighted by atomic mass is 16.1. The first-order chi connectivity index (χ1) is 5.56. The number of carbonyl (C=O) groups is 1. The van der Waals surface area contributed by atoms with Crippen molar-refractivity contribution in [3.05, 3.63) is 0 Å². The van der Waals surface area contributed by atoms with Crippen LogP contribution in [0.3, 0.4) is 0 Å². The van der Waals surface area contributed by atoms with Gasteiger partial charge in [0.1, 0.15) is 5.84 Å². The summed E-state index contributed by atoms with van der Waals surface area (Å²) in [4.78, 5) is 10.6. The summed E-state index contributed by atoms with van der Waals surface area (Å²) in [6.45, 7) is 1.68. The fraction of sp³-hybridized carbons (Fsp3) is 0.571. The van der Waals surface area contributed by atoms with Crippen LogP contribution in [0.4, 0.5) is 0 Å². The van der Waals surface area contributed by atoms with Crippen LogP contribution in [0.1, 0.15) is 13.3 Å². The molecular weight excluding hydrogens is 156 g/mol. The molecule has 0 aliphatic carbocycles. The van der Waals surface area contributed by atoms with Crippen LogP contribution in [0.5, 0.6) is 0 Å². The van der Waals surface area contributed by atoms with E-state index < -0.39 is 0 Å². The van der Waals surface area contributed by atoms with Gasteiger partial charge in [0.25, 0.3) is 0 Å². The average Bonchev–Trinajstić information content (AvgIpc) is 1.84. The highest BCUT2D eigenvalue weighted by Crippen LogP contribution is 1.86. The zero-order valence-electron chi connectivity index (χ0n) is 7.24. The van der Waals surface area contributed by atoms with Gasteiger partial charge < -0.3 is 5.73 Å². The van der Waals surface area contributed by atoms with Crippen molar-refractivity contribution in [2.45, 2.75) is 13.3 Å². The van der Waals surface area contributed by atoms with Crippen LogP contribution in [0.2, 0.25) is 0 Å². The Morgan fingerprint density at radius 2 is 2.33 bits per heavy atom. The third kappa shape index (κ3) is 5.23. The number of rotatable bonds is 4. The van der Waals surface area contributed by atoms with Crippen LogP contribution < -0.4 is 5.73 Å². The minimum absolute atomic E-state index is 0.00556. The SMILES string of the molecule is CC(=O)CN(C)/N=C(/N)CC#N. The van der Waals surface area contributed by atoms with Gasteiger partial charge in [0.15, 0.2) is 5.78 Å². The minimum Gasteiger partial charge on any atom is -0.385 e. The number of nitrogens with two attached hydrogens (primary N) is 1. The quantitative estimate of drug-likeness (QED) is 0.354. The zero-order valence-corrected chi connectivity index (χ0v) is 7.24. The minimum atomic E-state index is 0.00556. The Bertz CT molecular complexity index is 228. The molecule has 0 spiro atoms. The van der Waals surface area contributed by atoms with E-state index >= 15 is 0 Å². The first kappa shape index (κ1) is 10.4. The molecule has 2 N–H and O–H groups in total. The maximum Gasteiger partial charge on any atom is 0.150 e. The highest BCUT2D eigenvalue weighted by Gasteiger charge is 1.98. The second-order valence-electron chi connectivity index (χ2n) is 2.44. The molecule has 0 heterocycles. The average molecular weight is 168 g/mol. The fourth-order valence-corrected chi connectivity index (χ4v) is 0.693. The lowest BCUT2D eigenvalue weighted by atomic mass is 10.4. The number of likely N-dealkylation sites (N-methyl/N-ethyl adjacent to an activating group) is 1. The Labute approximate surface area is 71.4 Å². The lowest BCUT2D eigenvalue weighted by Crippen LogP contribution is -2.23. The summed E-state index contributed by atoms with van der Waals surface area (Å²) >= 11 is 0. The fourth-order valence-electron chi connectivity index (χ4n) is 0.693. The molecule has 0 bridgehead atoms. The molecule has 0 saturated heterocycles. The molecule has 0 aromatic rings. The van der Waals surface area contributed by atoms with E-state index in [9.17, 15) is 4.79 Å². The number of amidine groups is 1. The maximum absolute atomic E-state index is 10.6. The molecule has 5 nitrogen and oxygen atoms in total. The number of carbonyl (C=O) groups excluding carboxylic acids is 1. The Morgan fingerprint density at radius 1 is 1.75 bits per heavy atom. The van der Waals surface area contributed by atoms with Gasteiger partial charge >= 0.3 is 0 Å². The Hall–Kier alpha value is -1.57. The van der Waals surface area contributed by atoms with E-state index in [1.54, 1.807) is 7.05 Å². The highest BCUT2D eigenvalue weighted by molar-refractivity contribution is 5.82. The molecule has 0 rings (SSSR count). The van der Waals surface area contributed by atoms with Gasteiger partial charge in [0, 0.05) is 7.05 Å². The number of hydrogen-bond acceptors (Lipinski definition) is 4. The first-order valence-electron chi connectivity index (χ1n) is 3.46. The van der Waals surface area contributed by atoms with Crippen LogP contribution in [-0.2, 0) is 4.79 Å². The third-order valence-corrected chi connectivity index (χ3v) is 1.01. The summed E-state index contributed by atoms with van der Waals surface area (Å²) < 4.78 is 0. The molecule has 0 amide bonds. The number of Topliss-reactive ketones (excluding diaryl/α,β-unsaturated/α-hetero) is 1. The largest absolute Gasteiger partial charge is 0.385 e. The standard InChI is InChI=1S/C7H12N4O/c1-6(12)5-11(2)10-7(9)3-4-8/h3,5H2,1-2H3,(H2,9,10). The van der Waals surface area contributed by atoms with Gasteiger partial charge in [-0.25, -0.2) is 0 Å². The van der Waals surface area contributed by atoms with Crippen LogP contribution in [0, 0.1) is 11.3 Å². The molecule has 66 valence electrons. The predicted molar refractivity (Wildman–Crippen MR) is 45.2 cm³/mol. The van der Waals surface area contributed by atoms with Gasteiger partial charge in [0.2, 0.25) is 0 Å². The van der Waals surface area contributed by atoms with E-state index in [0.717, 1.165) is 0 Å². The normalized spacial score (nSPS) is 10.6. The van der Waals surface area contributed by atoms with Gasteiger partial charge in [-0.3, -0.25) is 9.80 Å². The molecule has 0 aromatic carbocycles. The lowest BCUT2D eigenvalue weighted by molar-refractivity contribution is -0.117. The third-order valence-electron chi connectivity index (χ3n) is 1.01. The smallest absolute Gasteiger partial charge is 0.150 e. The second-order valence-corrected chi connectivity index (χ2v) is 2.44. The van der Waals surface area contributed by atoms with E-state index in [0.29, 0.717) is 0 Å². The van der Waals surface area contributed by atoms with Gasteiger partial charge in [-0.05, 0) is 6.92 Å². The number of hydrazone groups is 1. The molecule has 0 saturated carbocycles. The van der Waals surface area contributed by atoms with Crippen LogP contribution in [-0.4, -0.2) is 30.2 Å². The Morgan fingerprint density at radius 3 is 2.75 bits per heavy atom. The lowest BCUT2D eigenvalue weighted by Gasteiger charge is -2.10. The maximum atomic E-state index is 10.6. The van der Waals surface area contributed by atoms with Gasteiger partial charge in [0.05, 0.1) is 19.0 Å². The number of hydrogen-bond donors (Lipinski definition) is 1. The Balaban J connectivity index is 3.97. The number of nitrogens with zero attached hydrogens (tertiary/aromatic N) is 3. The molecule has 0 aliphatic rings. The number of nitriles is 1. The van der Waals surface area contributed by atoms with Crippen molar-refractivity contribution in [1.82, 2.24) is 5.01 Å². The molecular formula is C7H12N4O. The summed E-state index contributed by atoms with van der Waals surface area (Å²) in [6, 6.07) is 1.86. The predicted octanol–water partition coefficient (Wildman–Crippen LogP) is -0.307. The molecule has 0 unspecified atom stereocenters. The molecule has 0 fully saturated rings. The monoisotopic (exact) mass is 168 g/mol. The van der Waals surface area contributed by atoms with Crippen molar-refractivity contribution in [3.8, 4) is 6.07 Å². The molecule has 0 aromatic heterocycles. The molecule has 5 heteroatoms. The summed E-state index contributed by atoms with van der Waals surface area (Å²) in [7, 11) is 1.63. The van der Waals surface area contributed by atoms with Crippen LogP contribution in [0.25, 0.3) is 0 Å². The molecule has 0 radical (unpaired) electrons. The zero-order chi connectivity index (χ0) is 9.56. The molecule has 12 heavy (non-hydrogen) atoms. The van der Waals surface area contributed by atoms with E-state index in [-0.39, 0.29) is 24.6 Å². The van der Waals surface area contributed by atoms with E-state index in [1.807, 2.05) is 6.07 Å². The summed E-state index contributed by atoms with van der Waals surface area (Å²) in [5.41, 5.74) is 5.34. The van der Waals surface area contributed by atoms with Crippen molar-refractivity contribution < 1.29 is 4.79 Å². The van der Waals surface area contributed by atoms with E-state index in [1.165, 1.54) is 11.9 Å². The van der Waals surface area contributed by atoms with Crippen LogP contribution in [0.15, 0.2) is 5.10 Å². The first-order valence-corrected chi connectivity index (χ1v) is 3.46. The topological polar surface area (TPSA) is 82.5 Å². The van der Waals surface area contributed by atoms with Crippen molar-refractivity contribution in [3.63, 3.8) is 0 Å². The molecule has 0 atom stereocenters. The Kier molecular flexibility index (Phi) is 4.46. The van der Waals surface area contributed by atoms with E-state index in [2.05, 4.69) is 5.10 Å². The summed E-state index contributed by atoms with van der Waals surface area (Å²) in [6.07, 6.45) is 0.0856.